The molecule has 196 valence electrons. The molecule has 0 radical (unpaired) electrons. The van der Waals surface area contributed by atoms with Crippen molar-refractivity contribution in [3.63, 3.8) is 0 Å². The Labute approximate surface area is 214 Å². The van der Waals surface area contributed by atoms with Crippen LogP contribution < -0.4 is 21.9 Å². The number of H-pyrrole nitrogens is 1. The van der Waals surface area contributed by atoms with E-state index in [0.717, 1.165) is 25.1 Å². The number of aliphatic carboxylic acids is 1. The largest absolute Gasteiger partial charge is 0.480 e. The molecule has 0 saturated carbocycles. The number of carbonyl (C=O) groups excluding carboxylic acids is 1. The van der Waals surface area contributed by atoms with Gasteiger partial charge in [0.2, 0.25) is 5.95 Å². The number of nitrogens with one attached hydrogen (secondary N) is 3. The lowest BCUT2D eigenvalue weighted by Crippen LogP contribution is -2.40. The number of rotatable bonds is 13. The lowest BCUT2D eigenvalue weighted by molar-refractivity contribution is -0.139. The highest BCUT2D eigenvalue weighted by molar-refractivity contribution is 5.96. The second-order valence-corrected chi connectivity index (χ2v) is 8.62. The van der Waals surface area contributed by atoms with Crippen LogP contribution in [-0.4, -0.2) is 61.5 Å². The van der Waals surface area contributed by atoms with E-state index in [0.29, 0.717) is 29.8 Å². The van der Waals surface area contributed by atoms with Gasteiger partial charge in [0, 0.05) is 30.5 Å². The van der Waals surface area contributed by atoms with E-state index in [9.17, 15) is 19.5 Å². The molecular formula is C25H32N8O4. The van der Waals surface area contributed by atoms with Crippen LogP contribution in [0.25, 0.3) is 11.2 Å². The van der Waals surface area contributed by atoms with Crippen molar-refractivity contribution < 1.29 is 14.7 Å². The Balaban J connectivity index is 1.52. The monoisotopic (exact) mass is 508 g/mol. The molecule has 2 aromatic heterocycles. The van der Waals surface area contributed by atoms with E-state index >= 15 is 0 Å². The molecule has 2 heterocycles. The SMILES string of the molecule is C=C(CC)N(C)CCCC[C@H](NC(=O)c1ccc(NCc2cnc3nc(N)[nH]c(=O)c3n2)cc1)C(=O)O. The number of aromatic nitrogens is 4. The number of amides is 1. The predicted molar refractivity (Wildman–Crippen MR) is 141 cm³/mol. The smallest absolute Gasteiger partial charge is 0.326 e. The highest BCUT2D eigenvalue weighted by Gasteiger charge is 2.20. The average Bonchev–Trinajstić information content (AvgIpc) is 2.88. The van der Waals surface area contributed by atoms with Crippen molar-refractivity contribution in [2.75, 3.05) is 24.6 Å². The number of carboxylic acid groups (broad SMARTS) is 1. The van der Waals surface area contributed by atoms with Crippen molar-refractivity contribution >= 4 is 34.7 Å². The molecule has 3 rings (SSSR count). The first-order valence-electron chi connectivity index (χ1n) is 12.0. The first-order valence-corrected chi connectivity index (χ1v) is 12.0. The molecule has 1 aromatic carbocycles. The van der Waals surface area contributed by atoms with E-state index in [1.807, 2.05) is 14.0 Å². The first kappa shape index (κ1) is 27.1. The Hall–Kier alpha value is -4.48. The average molecular weight is 509 g/mol. The van der Waals surface area contributed by atoms with Crippen LogP contribution >= 0.6 is 0 Å². The fraction of sp³-hybridized carbons (Fsp3) is 0.360. The summed E-state index contributed by atoms with van der Waals surface area (Å²) in [5.74, 6) is -1.55. The number of benzene rings is 1. The summed E-state index contributed by atoms with van der Waals surface area (Å²) in [7, 11) is 1.96. The van der Waals surface area contributed by atoms with Gasteiger partial charge in [0.15, 0.2) is 11.2 Å². The summed E-state index contributed by atoms with van der Waals surface area (Å²) in [5.41, 5.74) is 7.89. The van der Waals surface area contributed by atoms with Gasteiger partial charge in [-0.15, -0.1) is 0 Å². The molecule has 3 aromatic rings. The number of carbonyl (C=O) groups is 2. The zero-order valence-electron chi connectivity index (χ0n) is 21.0. The molecule has 0 aliphatic rings. The van der Waals surface area contributed by atoms with E-state index in [2.05, 4.69) is 42.0 Å². The fourth-order valence-corrected chi connectivity index (χ4v) is 3.61. The number of hydrogen-bond donors (Lipinski definition) is 5. The van der Waals surface area contributed by atoms with Gasteiger partial charge in [0.05, 0.1) is 18.4 Å². The van der Waals surface area contributed by atoms with Crippen LogP contribution in [0.15, 0.2) is 47.5 Å². The van der Waals surface area contributed by atoms with Gasteiger partial charge >= 0.3 is 5.97 Å². The van der Waals surface area contributed by atoms with Crippen molar-refractivity contribution in [2.24, 2.45) is 0 Å². The molecule has 0 aliphatic carbocycles. The van der Waals surface area contributed by atoms with E-state index in [4.69, 9.17) is 5.73 Å². The minimum atomic E-state index is -1.06. The van der Waals surface area contributed by atoms with Gasteiger partial charge in [0.25, 0.3) is 11.5 Å². The molecule has 12 nitrogen and oxygen atoms in total. The summed E-state index contributed by atoms with van der Waals surface area (Å²) in [4.78, 5) is 53.0. The van der Waals surface area contributed by atoms with Gasteiger partial charge in [-0.1, -0.05) is 13.5 Å². The number of unbranched alkanes of at least 4 members (excludes halogenated alkanes) is 1. The Morgan fingerprint density at radius 2 is 1.95 bits per heavy atom. The molecule has 0 unspecified atom stereocenters. The second-order valence-electron chi connectivity index (χ2n) is 8.62. The maximum atomic E-state index is 12.6. The van der Waals surface area contributed by atoms with Crippen molar-refractivity contribution in [1.82, 2.24) is 30.2 Å². The van der Waals surface area contributed by atoms with Crippen molar-refractivity contribution in [3.05, 3.63) is 64.3 Å². The highest BCUT2D eigenvalue weighted by Crippen LogP contribution is 2.13. The van der Waals surface area contributed by atoms with Gasteiger partial charge in [-0.3, -0.25) is 14.6 Å². The lowest BCUT2D eigenvalue weighted by atomic mass is 10.1. The summed E-state index contributed by atoms with van der Waals surface area (Å²) in [6.45, 7) is 7.08. The molecule has 0 saturated heterocycles. The summed E-state index contributed by atoms with van der Waals surface area (Å²) in [5, 5.41) is 15.3. The number of nitrogens with two attached hydrogens (primary N) is 1. The quantitative estimate of drug-likeness (QED) is 0.215. The Kier molecular flexibility index (Phi) is 9.14. The summed E-state index contributed by atoms with van der Waals surface area (Å²) in [6.07, 6.45) is 4.16. The summed E-state index contributed by atoms with van der Waals surface area (Å²) in [6, 6.07) is 5.64. The van der Waals surface area contributed by atoms with E-state index < -0.39 is 23.5 Å². The number of nitrogens with zero attached hydrogens (tertiary/aromatic N) is 4. The maximum absolute atomic E-state index is 12.6. The molecule has 0 aliphatic heterocycles. The van der Waals surface area contributed by atoms with E-state index in [1.165, 1.54) is 6.20 Å². The van der Waals surface area contributed by atoms with Crippen molar-refractivity contribution in [1.29, 1.82) is 0 Å². The normalized spacial score (nSPS) is 11.6. The fourth-order valence-electron chi connectivity index (χ4n) is 3.61. The summed E-state index contributed by atoms with van der Waals surface area (Å²) < 4.78 is 0. The molecule has 0 bridgehead atoms. The van der Waals surface area contributed by atoms with Gasteiger partial charge in [-0.25, -0.2) is 14.8 Å². The topological polar surface area (TPSA) is 179 Å². The van der Waals surface area contributed by atoms with Crippen molar-refractivity contribution in [3.8, 4) is 0 Å². The van der Waals surface area contributed by atoms with Crippen LogP contribution in [0.3, 0.4) is 0 Å². The second kappa shape index (κ2) is 12.5. The standard InChI is InChI=1S/C25H32N8O4/c1-4-15(2)33(3)12-6-5-7-19(24(36)37)30-22(34)16-8-10-17(11-9-16)27-13-18-14-28-21-20(29-18)23(35)32-25(26)31-21/h8-11,14,19,27H,2,4-7,12-13H2,1,3H3,(H,30,34)(H,36,37)(H3,26,28,31,32,35)/t19-/m0/s1. The Morgan fingerprint density at radius 1 is 1.22 bits per heavy atom. The molecule has 1 amide bonds. The number of aromatic amines is 1. The molecule has 12 heteroatoms. The Bertz CT molecular complexity index is 1320. The number of carboxylic acids is 1. The number of nitrogen functional groups attached to an aromatic ring is 1. The third kappa shape index (κ3) is 7.50. The molecule has 0 fully saturated rings. The van der Waals surface area contributed by atoms with Gasteiger partial charge in [-0.2, -0.15) is 4.98 Å². The number of allylic oxidation sites excluding steroid dienone is 1. The highest BCUT2D eigenvalue weighted by atomic mass is 16.4. The molecule has 0 spiro atoms. The van der Waals surface area contributed by atoms with Crippen LogP contribution in [-0.2, 0) is 11.3 Å². The van der Waals surface area contributed by atoms with Crippen LogP contribution in [0.5, 0.6) is 0 Å². The number of anilines is 2. The first-order chi connectivity index (χ1) is 17.7. The number of hydrogen-bond acceptors (Lipinski definition) is 9. The van der Waals surface area contributed by atoms with Crippen molar-refractivity contribution in [2.45, 2.75) is 45.2 Å². The van der Waals surface area contributed by atoms with Crippen LogP contribution in [0.2, 0.25) is 0 Å². The summed E-state index contributed by atoms with van der Waals surface area (Å²) >= 11 is 0. The van der Waals surface area contributed by atoms with Gasteiger partial charge in [0.1, 0.15) is 6.04 Å². The minimum Gasteiger partial charge on any atom is -0.480 e. The number of fused-ring (bicyclic) bond motifs is 1. The third-order valence-corrected chi connectivity index (χ3v) is 5.89. The molecule has 1 atom stereocenters. The molecule has 6 N–H and O–H groups in total. The minimum absolute atomic E-state index is 0.0293. The van der Waals surface area contributed by atoms with Crippen LogP contribution in [0.4, 0.5) is 11.6 Å². The van der Waals surface area contributed by atoms with Crippen LogP contribution in [0.1, 0.15) is 48.7 Å². The van der Waals surface area contributed by atoms with E-state index in [-0.39, 0.29) is 23.7 Å². The third-order valence-electron chi connectivity index (χ3n) is 5.89. The zero-order valence-corrected chi connectivity index (χ0v) is 21.0. The zero-order chi connectivity index (χ0) is 26.9. The Morgan fingerprint density at radius 3 is 2.62 bits per heavy atom. The van der Waals surface area contributed by atoms with E-state index in [1.54, 1.807) is 24.3 Å². The predicted octanol–water partition coefficient (Wildman–Crippen LogP) is 2.12. The maximum Gasteiger partial charge on any atom is 0.326 e. The van der Waals surface area contributed by atoms with Gasteiger partial charge in [-0.05, 0) is 49.9 Å². The molecule has 37 heavy (non-hydrogen) atoms. The van der Waals surface area contributed by atoms with Crippen LogP contribution in [0, 0.1) is 0 Å². The molecular weight excluding hydrogens is 476 g/mol. The lowest BCUT2D eigenvalue weighted by Gasteiger charge is -2.21. The van der Waals surface area contributed by atoms with Gasteiger partial charge < -0.3 is 26.4 Å².